The van der Waals surface area contributed by atoms with Crippen LogP contribution < -0.4 is 10.6 Å². The van der Waals surface area contributed by atoms with Crippen molar-refractivity contribution in [3.05, 3.63) is 59.1 Å². The van der Waals surface area contributed by atoms with Crippen LogP contribution in [-0.2, 0) is 22.5 Å². The molecule has 1 aromatic carbocycles. The summed E-state index contributed by atoms with van der Waals surface area (Å²) in [5.74, 6) is 0.839. The number of carbonyl (C=O) groups excluding carboxylic acids is 1. The number of rotatable bonds is 11. The van der Waals surface area contributed by atoms with Crippen LogP contribution in [0.15, 0.2) is 36.5 Å². The third kappa shape index (κ3) is 7.33. The van der Waals surface area contributed by atoms with Gasteiger partial charge in [-0.2, -0.15) is 19.6 Å². The van der Waals surface area contributed by atoms with E-state index >= 15 is 0 Å². The second-order valence-electron chi connectivity index (χ2n) is 10.0. The first-order valence-corrected chi connectivity index (χ1v) is 12.7. The van der Waals surface area contributed by atoms with Gasteiger partial charge in [0, 0.05) is 44.3 Å². The summed E-state index contributed by atoms with van der Waals surface area (Å²) in [6.07, 6.45) is 7.10. The van der Waals surface area contributed by atoms with Crippen LogP contribution in [0.5, 0.6) is 0 Å². The van der Waals surface area contributed by atoms with Gasteiger partial charge in [-0.25, -0.2) is 4.39 Å². The maximum absolute atomic E-state index is 14.4. The van der Waals surface area contributed by atoms with Gasteiger partial charge in [-0.3, -0.25) is 4.79 Å². The maximum Gasteiger partial charge on any atom is 0.229 e. The van der Waals surface area contributed by atoms with Crippen LogP contribution in [0.4, 0.5) is 16.3 Å². The molecule has 4 rings (SSSR count). The number of nitrogens with one attached hydrogen (secondary N) is 2. The summed E-state index contributed by atoms with van der Waals surface area (Å²) in [6.45, 7) is 6.62. The van der Waals surface area contributed by atoms with Gasteiger partial charge in [0.1, 0.15) is 5.82 Å². The van der Waals surface area contributed by atoms with E-state index in [4.69, 9.17) is 9.72 Å². The molecule has 0 aliphatic carbocycles. The molecule has 37 heavy (non-hydrogen) atoms. The molecule has 0 radical (unpaired) electrons. The molecule has 0 atom stereocenters. The van der Waals surface area contributed by atoms with E-state index in [0.29, 0.717) is 49.3 Å². The molecule has 10 heteroatoms. The van der Waals surface area contributed by atoms with E-state index in [9.17, 15) is 9.18 Å². The van der Waals surface area contributed by atoms with E-state index < -0.39 is 0 Å². The number of nitrogens with zero attached hydrogens (tertiary/aromatic N) is 5. The average molecular weight is 510 g/mol. The Kier molecular flexibility index (Phi) is 8.83. The van der Waals surface area contributed by atoms with Crippen LogP contribution in [0.3, 0.4) is 0 Å². The van der Waals surface area contributed by atoms with Crippen molar-refractivity contribution in [2.75, 3.05) is 44.5 Å². The highest BCUT2D eigenvalue weighted by Crippen LogP contribution is 2.23. The highest BCUT2D eigenvalue weighted by atomic mass is 19.1. The number of anilines is 2. The molecule has 2 aromatic heterocycles. The Morgan fingerprint density at radius 3 is 2.70 bits per heavy atom. The summed E-state index contributed by atoms with van der Waals surface area (Å²) in [6, 6.07) is 4.95. The van der Waals surface area contributed by atoms with Gasteiger partial charge in [-0.05, 0) is 62.2 Å². The summed E-state index contributed by atoms with van der Waals surface area (Å²) in [5.41, 5.74) is 3.10. The van der Waals surface area contributed by atoms with Crippen LogP contribution in [-0.4, -0.2) is 70.2 Å². The van der Waals surface area contributed by atoms with Crippen molar-refractivity contribution in [3.63, 3.8) is 0 Å². The zero-order valence-electron chi connectivity index (χ0n) is 22.0. The number of aromatic nitrogens is 4. The molecule has 198 valence electrons. The Morgan fingerprint density at radius 2 is 1.97 bits per heavy atom. The lowest BCUT2D eigenvalue weighted by molar-refractivity contribution is -0.114. The number of benzene rings is 1. The molecule has 0 unspecified atom stereocenters. The van der Waals surface area contributed by atoms with Crippen molar-refractivity contribution in [3.8, 4) is 0 Å². The predicted octanol–water partition coefficient (Wildman–Crippen LogP) is 3.82. The Morgan fingerprint density at radius 1 is 1.22 bits per heavy atom. The molecule has 3 aromatic rings. The highest BCUT2D eigenvalue weighted by molar-refractivity contribution is 5.91. The minimum absolute atomic E-state index is 0.0644. The SMILES string of the molecule is CC(C)c1cnn2c(NCc3cc(F)cc(CC(=O)/C=C/CN(C)C)c3)nc(NC3CCOCC3)nc12. The summed E-state index contributed by atoms with van der Waals surface area (Å²) < 4.78 is 21.6. The fourth-order valence-electron chi connectivity index (χ4n) is 4.26. The normalized spacial score (nSPS) is 14.8. The van der Waals surface area contributed by atoms with Crippen LogP contribution in [0.2, 0.25) is 0 Å². The third-order valence-corrected chi connectivity index (χ3v) is 6.19. The first kappa shape index (κ1) is 26.7. The summed E-state index contributed by atoms with van der Waals surface area (Å²) in [4.78, 5) is 23.7. The van der Waals surface area contributed by atoms with E-state index in [1.807, 2.05) is 37.3 Å². The standard InChI is InChI=1S/C27H36FN7O2/c1-18(2)24-17-30-35-25(24)32-26(31-22-7-10-37-11-8-22)33-27(35)29-16-20-12-19(13-21(28)14-20)15-23(36)6-5-9-34(3)4/h5-6,12-14,17-18,22H,7-11,15-16H2,1-4H3,(H2,29,31,32,33)/b6-5+. The second kappa shape index (κ2) is 12.2. The fourth-order valence-corrected chi connectivity index (χ4v) is 4.26. The Balaban J connectivity index is 1.53. The molecule has 1 aliphatic heterocycles. The molecule has 3 heterocycles. The molecule has 2 N–H and O–H groups in total. The lowest BCUT2D eigenvalue weighted by atomic mass is 10.0. The minimum atomic E-state index is -0.379. The number of hydrogen-bond acceptors (Lipinski definition) is 8. The lowest BCUT2D eigenvalue weighted by Gasteiger charge is -2.23. The van der Waals surface area contributed by atoms with Crippen molar-refractivity contribution in [1.29, 1.82) is 0 Å². The molecule has 0 saturated carbocycles. The van der Waals surface area contributed by atoms with Crippen LogP contribution >= 0.6 is 0 Å². The van der Waals surface area contributed by atoms with E-state index in [2.05, 4.69) is 34.6 Å². The molecule has 1 saturated heterocycles. The first-order valence-electron chi connectivity index (χ1n) is 12.7. The third-order valence-electron chi connectivity index (χ3n) is 6.19. The highest BCUT2D eigenvalue weighted by Gasteiger charge is 2.19. The number of halogens is 1. The van der Waals surface area contributed by atoms with Crippen molar-refractivity contribution in [1.82, 2.24) is 24.5 Å². The monoisotopic (exact) mass is 509 g/mol. The van der Waals surface area contributed by atoms with Crippen molar-refractivity contribution < 1.29 is 13.9 Å². The van der Waals surface area contributed by atoms with Gasteiger partial charge in [0.15, 0.2) is 11.4 Å². The largest absolute Gasteiger partial charge is 0.381 e. The van der Waals surface area contributed by atoms with Crippen molar-refractivity contribution >= 4 is 23.3 Å². The summed E-state index contributed by atoms with van der Waals surface area (Å²) >= 11 is 0. The van der Waals surface area contributed by atoms with E-state index in [-0.39, 0.29) is 30.0 Å². The lowest BCUT2D eigenvalue weighted by Crippen LogP contribution is -2.29. The number of hydrogen-bond donors (Lipinski definition) is 2. The molecular formula is C27H36FN7O2. The molecule has 0 amide bonds. The van der Waals surface area contributed by atoms with E-state index in [0.717, 1.165) is 24.1 Å². The molecule has 0 spiro atoms. The number of allylic oxidation sites excluding steroid dienone is 1. The number of ether oxygens (including phenoxy) is 1. The fraction of sp³-hybridized carbons (Fsp3) is 0.481. The maximum atomic E-state index is 14.4. The quantitative estimate of drug-likeness (QED) is 0.377. The van der Waals surface area contributed by atoms with Crippen molar-refractivity contribution in [2.24, 2.45) is 0 Å². The topological polar surface area (TPSA) is 96.7 Å². The van der Waals surface area contributed by atoms with Gasteiger partial charge < -0.3 is 20.3 Å². The average Bonchev–Trinajstić information content (AvgIpc) is 3.27. The van der Waals surface area contributed by atoms with Gasteiger partial charge in [-0.1, -0.05) is 26.0 Å². The molecule has 0 bridgehead atoms. The number of ketones is 1. The Bertz CT molecular complexity index is 1250. The van der Waals surface area contributed by atoms with Crippen LogP contribution in [0.1, 0.15) is 49.3 Å². The van der Waals surface area contributed by atoms with E-state index in [1.54, 1.807) is 10.6 Å². The zero-order valence-corrected chi connectivity index (χ0v) is 22.0. The summed E-state index contributed by atoms with van der Waals surface area (Å²) in [5, 5.41) is 11.2. The Hall–Kier alpha value is -3.37. The van der Waals surface area contributed by atoms with Gasteiger partial charge >= 0.3 is 0 Å². The van der Waals surface area contributed by atoms with Gasteiger partial charge in [0.25, 0.3) is 0 Å². The smallest absolute Gasteiger partial charge is 0.229 e. The van der Waals surface area contributed by atoms with E-state index in [1.165, 1.54) is 12.1 Å². The zero-order chi connectivity index (χ0) is 26.4. The van der Waals surface area contributed by atoms with Crippen molar-refractivity contribution in [2.45, 2.75) is 51.6 Å². The van der Waals surface area contributed by atoms with Gasteiger partial charge in [0.2, 0.25) is 11.9 Å². The predicted molar refractivity (Wildman–Crippen MR) is 142 cm³/mol. The Labute approximate surface area is 217 Å². The molecular weight excluding hydrogens is 473 g/mol. The number of likely N-dealkylation sites (N-methyl/N-ethyl adjacent to an activating group) is 1. The second-order valence-corrected chi connectivity index (χ2v) is 10.0. The molecule has 1 fully saturated rings. The first-order chi connectivity index (χ1) is 17.8. The molecule has 9 nitrogen and oxygen atoms in total. The minimum Gasteiger partial charge on any atom is -0.381 e. The van der Waals surface area contributed by atoms with Gasteiger partial charge in [0.05, 0.1) is 6.20 Å². The van der Waals surface area contributed by atoms with Gasteiger partial charge in [-0.15, -0.1) is 0 Å². The number of fused-ring (bicyclic) bond motifs is 1. The number of carbonyl (C=O) groups is 1. The summed E-state index contributed by atoms with van der Waals surface area (Å²) in [7, 11) is 3.87. The molecule has 1 aliphatic rings. The van der Waals surface area contributed by atoms with Crippen LogP contribution in [0, 0.1) is 5.82 Å². The van der Waals surface area contributed by atoms with Crippen LogP contribution in [0.25, 0.3) is 5.65 Å².